The molecule has 2 N–H and O–H groups in total. The van der Waals surface area contributed by atoms with Gasteiger partial charge in [0.05, 0.1) is 12.1 Å². The number of hydrogen-bond donors (Lipinski definition) is 2. The number of aliphatic carboxylic acids is 1. The maximum Gasteiger partial charge on any atom is 0.321 e. The van der Waals surface area contributed by atoms with Crippen LogP contribution in [0.15, 0.2) is 60.7 Å². The summed E-state index contributed by atoms with van der Waals surface area (Å²) in [6, 6.07) is 19.3. The third-order valence-corrected chi connectivity index (χ3v) is 7.58. The van der Waals surface area contributed by atoms with Crippen molar-refractivity contribution in [1.29, 1.82) is 0 Å². The van der Waals surface area contributed by atoms with Gasteiger partial charge in [0.2, 0.25) is 0 Å². The van der Waals surface area contributed by atoms with Crippen molar-refractivity contribution in [3.05, 3.63) is 71.8 Å². The Hall–Kier alpha value is -2.51. The van der Waals surface area contributed by atoms with E-state index < -0.39 is 10.9 Å². The quantitative estimate of drug-likeness (QED) is 0.456. The van der Waals surface area contributed by atoms with Gasteiger partial charge in [-0.05, 0) is 30.4 Å². The molecule has 0 radical (unpaired) electrons. The van der Waals surface area contributed by atoms with E-state index in [4.69, 9.17) is 5.11 Å². The molecule has 31 heavy (non-hydrogen) atoms. The first kappa shape index (κ1) is 21.7. The van der Waals surface area contributed by atoms with Gasteiger partial charge in [-0.2, -0.15) is 0 Å². The van der Waals surface area contributed by atoms with Gasteiger partial charge in [-0.3, -0.25) is 4.79 Å². The smallest absolute Gasteiger partial charge is 0.321 e. The van der Waals surface area contributed by atoms with Gasteiger partial charge in [0, 0.05) is 25.3 Å². The SMILES string of the molecule is O=C(O)CCCCC1(O)SC[C@H]2[C@@H]1N(Cc1ccccc1)C(=O)N2Cc1ccccc1. The Bertz CT molecular complexity index is 910. The van der Waals surface area contributed by atoms with Crippen LogP contribution < -0.4 is 0 Å². The van der Waals surface area contributed by atoms with Crippen LogP contribution in [0.5, 0.6) is 0 Å². The fourth-order valence-corrected chi connectivity index (χ4v) is 6.20. The second-order valence-electron chi connectivity index (χ2n) is 8.28. The molecule has 7 heteroatoms. The van der Waals surface area contributed by atoms with E-state index >= 15 is 0 Å². The highest BCUT2D eigenvalue weighted by molar-refractivity contribution is 8.00. The van der Waals surface area contributed by atoms with Crippen LogP contribution in [-0.4, -0.2) is 54.8 Å². The van der Waals surface area contributed by atoms with E-state index in [1.807, 2.05) is 70.5 Å². The molecule has 164 valence electrons. The first-order valence-electron chi connectivity index (χ1n) is 10.7. The van der Waals surface area contributed by atoms with Crippen molar-refractivity contribution in [1.82, 2.24) is 9.80 Å². The molecular formula is C24H28N2O4S. The van der Waals surface area contributed by atoms with E-state index in [9.17, 15) is 14.7 Å². The van der Waals surface area contributed by atoms with Gasteiger partial charge in [0.15, 0.2) is 0 Å². The number of fused-ring (bicyclic) bond motifs is 1. The number of benzene rings is 2. The number of carbonyl (C=O) groups excluding carboxylic acids is 1. The molecule has 2 saturated heterocycles. The Balaban J connectivity index is 1.56. The van der Waals surface area contributed by atoms with Gasteiger partial charge in [-0.15, -0.1) is 11.8 Å². The molecule has 0 aromatic heterocycles. The lowest BCUT2D eigenvalue weighted by molar-refractivity contribution is -0.137. The number of carbonyl (C=O) groups is 2. The molecule has 2 aromatic carbocycles. The zero-order valence-electron chi connectivity index (χ0n) is 17.4. The number of rotatable bonds is 9. The molecular weight excluding hydrogens is 412 g/mol. The van der Waals surface area contributed by atoms with Crippen LogP contribution in [-0.2, 0) is 17.9 Å². The van der Waals surface area contributed by atoms with E-state index in [-0.39, 0.29) is 24.5 Å². The third-order valence-electron chi connectivity index (χ3n) is 6.13. The Kier molecular flexibility index (Phi) is 6.53. The lowest BCUT2D eigenvalue weighted by Crippen LogP contribution is -2.48. The molecule has 2 fully saturated rings. The standard InChI is InChI=1S/C24H28N2O4S/c27-21(28)13-7-8-14-24(30)22-20(17-31-24)25(15-18-9-3-1-4-10-18)23(29)26(22)16-19-11-5-2-6-12-19/h1-6,9-12,20,22,30H,7-8,13-17H2,(H,27,28)/t20-,22-,24?/m0/s1. The highest BCUT2D eigenvalue weighted by Crippen LogP contribution is 2.48. The summed E-state index contributed by atoms with van der Waals surface area (Å²) in [6.07, 6.45) is 1.71. The minimum atomic E-state index is -1.07. The van der Waals surface area contributed by atoms with Gasteiger partial charge in [-0.25, -0.2) is 4.79 Å². The minimum Gasteiger partial charge on any atom is -0.481 e. The highest BCUT2D eigenvalue weighted by Gasteiger charge is 2.59. The third kappa shape index (κ3) is 4.72. The maximum absolute atomic E-state index is 13.5. The second kappa shape index (κ2) is 9.32. The van der Waals surface area contributed by atoms with Crippen LogP contribution in [0, 0.1) is 0 Å². The van der Waals surface area contributed by atoms with Crippen molar-refractivity contribution in [3.63, 3.8) is 0 Å². The summed E-state index contributed by atoms with van der Waals surface area (Å²) in [5.74, 6) is -0.149. The molecule has 1 unspecified atom stereocenters. The Morgan fingerprint density at radius 2 is 1.55 bits per heavy atom. The van der Waals surface area contributed by atoms with Crippen LogP contribution in [0.25, 0.3) is 0 Å². The summed E-state index contributed by atoms with van der Waals surface area (Å²) in [5.41, 5.74) is 2.10. The van der Waals surface area contributed by atoms with E-state index in [0.717, 1.165) is 11.1 Å². The molecule has 2 aromatic rings. The number of urea groups is 1. The first-order valence-corrected chi connectivity index (χ1v) is 11.7. The average Bonchev–Trinajstić information content (AvgIpc) is 3.23. The Labute approximate surface area is 186 Å². The molecule has 0 saturated carbocycles. The Morgan fingerprint density at radius 3 is 2.13 bits per heavy atom. The molecule has 0 bridgehead atoms. The monoisotopic (exact) mass is 440 g/mol. The van der Waals surface area contributed by atoms with Gasteiger partial charge >= 0.3 is 12.0 Å². The molecule has 6 nitrogen and oxygen atoms in total. The van der Waals surface area contributed by atoms with Crippen molar-refractivity contribution in [2.75, 3.05) is 5.75 Å². The fourth-order valence-electron chi connectivity index (χ4n) is 4.63. The zero-order valence-corrected chi connectivity index (χ0v) is 18.2. The van der Waals surface area contributed by atoms with Crippen LogP contribution in [0.2, 0.25) is 0 Å². The molecule has 2 aliphatic heterocycles. The topological polar surface area (TPSA) is 81.1 Å². The Morgan fingerprint density at radius 1 is 0.968 bits per heavy atom. The number of nitrogens with zero attached hydrogens (tertiary/aromatic N) is 2. The molecule has 0 spiro atoms. The minimum absolute atomic E-state index is 0.0491. The van der Waals surface area contributed by atoms with Crippen LogP contribution in [0.1, 0.15) is 36.8 Å². The van der Waals surface area contributed by atoms with Crippen LogP contribution in [0.4, 0.5) is 4.79 Å². The maximum atomic E-state index is 13.5. The molecule has 2 amide bonds. The molecule has 4 rings (SSSR count). The van der Waals surface area contributed by atoms with Crippen molar-refractivity contribution < 1.29 is 19.8 Å². The number of hydrogen-bond acceptors (Lipinski definition) is 4. The van der Waals surface area contributed by atoms with E-state index in [1.165, 1.54) is 11.8 Å². The summed E-state index contributed by atoms with van der Waals surface area (Å²) in [7, 11) is 0. The summed E-state index contributed by atoms with van der Waals surface area (Å²) in [5, 5.41) is 20.5. The summed E-state index contributed by atoms with van der Waals surface area (Å²) >= 11 is 1.50. The van der Waals surface area contributed by atoms with Crippen molar-refractivity contribution in [2.24, 2.45) is 0 Å². The van der Waals surface area contributed by atoms with E-state index in [0.29, 0.717) is 38.1 Å². The predicted octanol–water partition coefficient (Wildman–Crippen LogP) is 3.94. The largest absolute Gasteiger partial charge is 0.481 e. The summed E-state index contributed by atoms with van der Waals surface area (Å²) in [6.45, 7) is 0.964. The highest BCUT2D eigenvalue weighted by atomic mass is 32.2. The molecule has 3 atom stereocenters. The van der Waals surface area contributed by atoms with Crippen molar-refractivity contribution in [2.45, 2.75) is 55.8 Å². The van der Waals surface area contributed by atoms with Gasteiger partial charge in [0.1, 0.15) is 4.93 Å². The lowest BCUT2D eigenvalue weighted by atomic mass is 9.97. The van der Waals surface area contributed by atoms with Crippen molar-refractivity contribution in [3.8, 4) is 0 Å². The number of thioether (sulfide) groups is 1. The number of unbranched alkanes of at least 4 members (excludes halogenated alkanes) is 1. The van der Waals surface area contributed by atoms with Crippen molar-refractivity contribution >= 4 is 23.8 Å². The zero-order chi connectivity index (χ0) is 21.8. The molecule has 2 aliphatic rings. The second-order valence-corrected chi connectivity index (χ2v) is 9.61. The summed E-state index contributed by atoms with van der Waals surface area (Å²) in [4.78, 5) is 27.0. The van der Waals surface area contributed by atoms with Crippen LogP contribution in [0.3, 0.4) is 0 Å². The number of amides is 2. The first-order chi connectivity index (χ1) is 15.0. The fraction of sp³-hybridized carbons (Fsp3) is 0.417. The predicted molar refractivity (Wildman–Crippen MR) is 120 cm³/mol. The lowest BCUT2D eigenvalue weighted by Gasteiger charge is -2.34. The molecule has 2 heterocycles. The van der Waals surface area contributed by atoms with Gasteiger partial charge in [0.25, 0.3) is 0 Å². The molecule has 0 aliphatic carbocycles. The average molecular weight is 441 g/mol. The number of aliphatic hydroxyl groups is 1. The van der Waals surface area contributed by atoms with Crippen LogP contribution >= 0.6 is 11.8 Å². The number of carboxylic acid groups (broad SMARTS) is 1. The van der Waals surface area contributed by atoms with Gasteiger partial charge < -0.3 is 20.0 Å². The summed E-state index contributed by atoms with van der Waals surface area (Å²) < 4.78 is 0. The normalized spacial score (nSPS) is 25.1. The number of carboxylic acids is 1. The van der Waals surface area contributed by atoms with E-state index in [2.05, 4.69) is 0 Å². The van der Waals surface area contributed by atoms with Gasteiger partial charge in [-0.1, -0.05) is 60.7 Å². The van der Waals surface area contributed by atoms with E-state index in [1.54, 1.807) is 0 Å².